The molecule has 7 heteroatoms. The number of carbonyl (C=O) groups is 2. The van der Waals surface area contributed by atoms with Gasteiger partial charge in [0, 0.05) is 29.5 Å². The number of ether oxygens (including phenoxy) is 1. The van der Waals surface area contributed by atoms with E-state index in [9.17, 15) is 9.59 Å². The molecule has 0 saturated carbocycles. The van der Waals surface area contributed by atoms with Gasteiger partial charge in [-0.15, -0.1) is 0 Å². The van der Waals surface area contributed by atoms with Crippen LogP contribution in [0.1, 0.15) is 22.5 Å². The average molecular weight is 406 g/mol. The number of halogens is 1. The number of aromatic nitrogens is 1. The molecule has 1 aromatic heterocycles. The number of nitrogens with zero attached hydrogens (tertiary/aromatic N) is 1. The highest BCUT2D eigenvalue weighted by molar-refractivity contribution is 9.10. The maximum atomic E-state index is 11.9. The van der Waals surface area contributed by atoms with E-state index in [4.69, 9.17) is 4.74 Å². The van der Waals surface area contributed by atoms with Crippen LogP contribution in [0, 0.1) is 6.92 Å². The lowest BCUT2D eigenvalue weighted by Crippen LogP contribution is -2.32. The molecule has 2 amide bonds. The summed E-state index contributed by atoms with van der Waals surface area (Å²) in [5, 5.41) is 5.54. The van der Waals surface area contributed by atoms with Crippen LogP contribution in [0.3, 0.4) is 0 Å². The Hall–Kier alpha value is -2.41. The third-order valence-corrected chi connectivity index (χ3v) is 3.85. The smallest absolute Gasteiger partial charge is 0.257 e. The number of hydrogen-bond donors (Lipinski definition) is 2. The van der Waals surface area contributed by atoms with Crippen molar-refractivity contribution in [1.82, 2.24) is 15.6 Å². The summed E-state index contributed by atoms with van der Waals surface area (Å²) in [5.41, 5.74) is 1.39. The second-order valence-corrected chi connectivity index (χ2v) is 6.31. The number of benzene rings is 1. The molecule has 0 saturated heterocycles. The average Bonchev–Trinajstić information content (AvgIpc) is 2.61. The summed E-state index contributed by atoms with van der Waals surface area (Å²) < 4.78 is 6.33. The normalized spacial score (nSPS) is 10.2. The van der Waals surface area contributed by atoms with Crippen LogP contribution in [-0.2, 0) is 4.79 Å². The van der Waals surface area contributed by atoms with Crippen LogP contribution < -0.4 is 15.4 Å². The van der Waals surface area contributed by atoms with Gasteiger partial charge >= 0.3 is 0 Å². The first kappa shape index (κ1) is 18.9. The van der Waals surface area contributed by atoms with Gasteiger partial charge in [0.25, 0.3) is 11.8 Å². The molecule has 132 valence electrons. The summed E-state index contributed by atoms with van der Waals surface area (Å²) in [6.07, 6.45) is 2.18. The van der Waals surface area contributed by atoms with Gasteiger partial charge in [0.05, 0.1) is 5.56 Å². The Morgan fingerprint density at radius 3 is 2.48 bits per heavy atom. The van der Waals surface area contributed by atoms with Gasteiger partial charge in [0.2, 0.25) is 0 Å². The van der Waals surface area contributed by atoms with Crippen molar-refractivity contribution >= 4 is 27.7 Å². The van der Waals surface area contributed by atoms with Crippen molar-refractivity contribution in [3.8, 4) is 5.75 Å². The van der Waals surface area contributed by atoms with Crippen molar-refractivity contribution in [2.45, 2.75) is 13.3 Å². The van der Waals surface area contributed by atoms with Crippen molar-refractivity contribution in [3.05, 3.63) is 58.3 Å². The molecule has 2 N–H and O–H groups in total. The molecule has 0 spiro atoms. The number of rotatable bonds is 8. The van der Waals surface area contributed by atoms with Crippen LogP contribution in [0.5, 0.6) is 5.75 Å². The standard InChI is InChI=1S/C18H20BrN3O3/c1-13-3-4-14(11-22-13)18(24)21-10-2-9-20-17(23)12-25-16-7-5-15(19)6-8-16/h3-8,11H,2,9-10,12H2,1H3,(H,20,23)(H,21,24). The predicted molar refractivity (Wildman–Crippen MR) is 98.6 cm³/mol. The number of carbonyl (C=O) groups excluding carboxylic acids is 2. The molecule has 0 bridgehead atoms. The topological polar surface area (TPSA) is 80.3 Å². The highest BCUT2D eigenvalue weighted by atomic mass is 79.9. The molecule has 0 fully saturated rings. The van der Waals surface area contributed by atoms with Crippen LogP contribution in [0.4, 0.5) is 0 Å². The summed E-state index contributed by atoms with van der Waals surface area (Å²) in [4.78, 5) is 27.7. The van der Waals surface area contributed by atoms with Crippen LogP contribution >= 0.6 is 15.9 Å². The summed E-state index contributed by atoms with van der Waals surface area (Å²) in [5.74, 6) is 0.270. The fourth-order valence-electron chi connectivity index (χ4n) is 1.95. The second kappa shape index (κ2) is 9.78. The molecule has 6 nitrogen and oxygen atoms in total. The van der Waals surface area contributed by atoms with Gasteiger partial charge in [-0.3, -0.25) is 14.6 Å². The molecule has 0 aliphatic heterocycles. The zero-order valence-corrected chi connectivity index (χ0v) is 15.5. The van der Waals surface area contributed by atoms with E-state index in [2.05, 4.69) is 31.5 Å². The van der Waals surface area contributed by atoms with Gasteiger partial charge in [-0.2, -0.15) is 0 Å². The maximum Gasteiger partial charge on any atom is 0.257 e. The molecule has 0 atom stereocenters. The third-order valence-electron chi connectivity index (χ3n) is 3.32. The summed E-state index contributed by atoms with van der Waals surface area (Å²) in [7, 11) is 0. The van der Waals surface area contributed by atoms with Crippen molar-refractivity contribution < 1.29 is 14.3 Å². The minimum absolute atomic E-state index is 0.0387. The Morgan fingerprint density at radius 2 is 1.80 bits per heavy atom. The van der Waals surface area contributed by atoms with Gasteiger partial charge in [-0.05, 0) is 49.7 Å². The molecule has 1 heterocycles. The van der Waals surface area contributed by atoms with Gasteiger partial charge in [-0.25, -0.2) is 0 Å². The number of aryl methyl sites for hydroxylation is 1. The van der Waals surface area contributed by atoms with E-state index in [0.717, 1.165) is 10.2 Å². The lowest BCUT2D eigenvalue weighted by Gasteiger charge is -2.08. The van der Waals surface area contributed by atoms with Crippen LogP contribution in [0.25, 0.3) is 0 Å². The Morgan fingerprint density at radius 1 is 1.08 bits per heavy atom. The molecule has 0 aliphatic carbocycles. The molecule has 2 aromatic rings. The van der Waals surface area contributed by atoms with Crippen LogP contribution in [0.2, 0.25) is 0 Å². The van der Waals surface area contributed by atoms with Gasteiger partial charge in [0.1, 0.15) is 5.75 Å². The number of pyridine rings is 1. The predicted octanol–water partition coefficient (Wildman–Crippen LogP) is 2.47. The van der Waals surface area contributed by atoms with Crippen molar-refractivity contribution in [2.24, 2.45) is 0 Å². The second-order valence-electron chi connectivity index (χ2n) is 5.39. The maximum absolute atomic E-state index is 11.9. The van der Waals surface area contributed by atoms with E-state index in [1.807, 2.05) is 19.1 Å². The van der Waals surface area contributed by atoms with Crippen molar-refractivity contribution in [3.63, 3.8) is 0 Å². The first-order valence-corrected chi connectivity index (χ1v) is 8.70. The zero-order chi connectivity index (χ0) is 18.1. The van der Waals surface area contributed by atoms with Gasteiger partial charge in [-0.1, -0.05) is 15.9 Å². The number of hydrogen-bond acceptors (Lipinski definition) is 4. The Balaban J connectivity index is 1.57. The first-order chi connectivity index (χ1) is 12.0. The van der Waals surface area contributed by atoms with Crippen LogP contribution in [-0.4, -0.2) is 36.5 Å². The van der Waals surface area contributed by atoms with Gasteiger partial charge < -0.3 is 15.4 Å². The summed E-state index contributed by atoms with van der Waals surface area (Å²) >= 11 is 3.33. The van der Waals surface area contributed by atoms with E-state index in [0.29, 0.717) is 30.8 Å². The van der Waals surface area contributed by atoms with E-state index in [1.54, 1.807) is 30.5 Å². The molecule has 0 radical (unpaired) electrons. The third kappa shape index (κ3) is 6.93. The molecule has 2 rings (SSSR count). The minimum atomic E-state index is -0.197. The van der Waals surface area contributed by atoms with E-state index in [1.165, 1.54) is 0 Å². The fourth-order valence-corrected chi connectivity index (χ4v) is 2.22. The van der Waals surface area contributed by atoms with E-state index < -0.39 is 0 Å². The highest BCUT2D eigenvalue weighted by Crippen LogP contribution is 2.15. The lowest BCUT2D eigenvalue weighted by atomic mass is 10.2. The molecule has 25 heavy (non-hydrogen) atoms. The van der Waals surface area contributed by atoms with E-state index in [-0.39, 0.29) is 18.4 Å². The molecular formula is C18H20BrN3O3. The monoisotopic (exact) mass is 405 g/mol. The highest BCUT2D eigenvalue weighted by Gasteiger charge is 2.05. The van der Waals surface area contributed by atoms with Crippen LogP contribution in [0.15, 0.2) is 47.1 Å². The number of nitrogens with one attached hydrogen (secondary N) is 2. The van der Waals surface area contributed by atoms with Crippen molar-refractivity contribution in [2.75, 3.05) is 19.7 Å². The lowest BCUT2D eigenvalue weighted by molar-refractivity contribution is -0.123. The van der Waals surface area contributed by atoms with Crippen molar-refractivity contribution in [1.29, 1.82) is 0 Å². The molecule has 0 aliphatic rings. The quantitative estimate of drug-likeness (QED) is 0.661. The summed E-state index contributed by atoms with van der Waals surface area (Å²) in [6, 6.07) is 10.8. The van der Waals surface area contributed by atoms with E-state index >= 15 is 0 Å². The first-order valence-electron chi connectivity index (χ1n) is 7.90. The summed E-state index contributed by atoms with van der Waals surface area (Å²) in [6.45, 7) is 2.77. The zero-order valence-electron chi connectivity index (χ0n) is 13.9. The number of amides is 2. The molecular weight excluding hydrogens is 386 g/mol. The Labute approximate surface area is 155 Å². The van der Waals surface area contributed by atoms with Gasteiger partial charge in [0.15, 0.2) is 6.61 Å². The molecule has 0 unspecified atom stereocenters. The Bertz CT molecular complexity index is 703. The Kier molecular flexibility index (Phi) is 7.40. The fraction of sp³-hybridized carbons (Fsp3) is 0.278. The molecule has 1 aromatic carbocycles. The SMILES string of the molecule is Cc1ccc(C(=O)NCCCNC(=O)COc2ccc(Br)cc2)cn1. The largest absolute Gasteiger partial charge is 0.484 e. The minimum Gasteiger partial charge on any atom is -0.484 e.